The van der Waals surface area contributed by atoms with Crippen molar-refractivity contribution in [2.24, 2.45) is 5.73 Å². The molecular formula is C29H30N4O4S. The van der Waals surface area contributed by atoms with Crippen LogP contribution in [-0.4, -0.2) is 32.3 Å². The van der Waals surface area contributed by atoms with E-state index in [9.17, 15) is 13.2 Å². The number of anilines is 1. The first-order valence-corrected chi connectivity index (χ1v) is 13.4. The number of carbonyl (C=O) groups is 1. The average Bonchev–Trinajstić information content (AvgIpc) is 2.86. The number of benzene rings is 4. The van der Waals surface area contributed by atoms with Crippen LogP contribution in [0.3, 0.4) is 0 Å². The third-order valence-electron chi connectivity index (χ3n) is 5.59. The van der Waals surface area contributed by atoms with Gasteiger partial charge in [0, 0.05) is 22.4 Å². The van der Waals surface area contributed by atoms with Crippen LogP contribution >= 0.6 is 0 Å². The third-order valence-corrected chi connectivity index (χ3v) is 7.41. The SMILES string of the molecule is CC(C)(C)NS(=O)(=O)c1ccccc1-c1ccc(NC(=O)COc2ccc3ccc(C(=N)N)cc3c2)cc1. The Balaban J connectivity index is 1.43. The molecule has 9 heteroatoms. The fourth-order valence-corrected chi connectivity index (χ4v) is 5.61. The van der Waals surface area contributed by atoms with Crippen LogP contribution in [0.4, 0.5) is 5.69 Å². The highest BCUT2D eigenvalue weighted by Gasteiger charge is 2.24. The van der Waals surface area contributed by atoms with Gasteiger partial charge >= 0.3 is 0 Å². The van der Waals surface area contributed by atoms with Crippen molar-refractivity contribution in [2.45, 2.75) is 31.2 Å². The quantitative estimate of drug-likeness (QED) is 0.190. The van der Waals surface area contributed by atoms with Gasteiger partial charge in [0.2, 0.25) is 10.0 Å². The van der Waals surface area contributed by atoms with Crippen LogP contribution in [-0.2, 0) is 14.8 Å². The lowest BCUT2D eigenvalue weighted by molar-refractivity contribution is -0.118. The zero-order chi connectivity index (χ0) is 27.5. The lowest BCUT2D eigenvalue weighted by atomic mass is 10.1. The van der Waals surface area contributed by atoms with E-state index in [1.165, 1.54) is 0 Å². The van der Waals surface area contributed by atoms with Crippen LogP contribution in [0, 0.1) is 5.41 Å². The highest BCUT2D eigenvalue weighted by Crippen LogP contribution is 2.29. The largest absolute Gasteiger partial charge is 0.484 e. The molecule has 0 unspecified atom stereocenters. The summed E-state index contributed by atoms with van der Waals surface area (Å²) in [5.74, 6) is 0.161. The molecule has 0 aliphatic carbocycles. The molecule has 0 spiro atoms. The van der Waals surface area contributed by atoms with Crippen molar-refractivity contribution in [3.8, 4) is 16.9 Å². The number of nitrogen functional groups attached to an aromatic ring is 1. The number of rotatable bonds is 8. The van der Waals surface area contributed by atoms with E-state index in [-0.39, 0.29) is 23.2 Å². The van der Waals surface area contributed by atoms with Gasteiger partial charge in [0.25, 0.3) is 5.91 Å². The fourth-order valence-electron chi connectivity index (χ4n) is 3.96. The molecule has 4 aromatic carbocycles. The predicted molar refractivity (Wildman–Crippen MR) is 151 cm³/mol. The van der Waals surface area contributed by atoms with Crippen molar-refractivity contribution in [1.29, 1.82) is 5.41 Å². The van der Waals surface area contributed by atoms with Gasteiger partial charge < -0.3 is 15.8 Å². The van der Waals surface area contributed by atoms with Crippen molar-refractivity contribution in [3.05, 3.63) is 90.5 Å². The van der Waals surface area contributed by atoms with E-state index in [0.29, 0.717) is 28.1 Å². The van der Waals surface area contributed by atoms with Crippen LogP contribution in [0.15, 0.2) is 89.8 Å². The van der Waals surface area contributed by atoms with E-state index in [4.69, 9.17) is 15.9 Å². The summed E-state index contributed by atoms with van der Waals surface area (Å²) in [5, 5.41) is 12.2. The summed E-state index contributed by atoms with van der Waals surface area (Å²) in [4.78, 5) is 12.7. The zero-order valence-electron chi connectivity index (χ0n) is 21.4. The Hall–Kier alpha value is -4.21. The Morgan fingerprint density at radius 2 is 1.61 bits per heavy atom. The average molecular weight is 531 g/mol. The minimum Gasteiger partial charge on any atom is -0.484 e. The summed E-state index contributed by atoms with van der Waals surface area (Å²) in [6, 6.07) is 24.7. The smallest absolute Gasteiger partial charge is 0.262 e. The van der Waals surface area contributed by atoms with E-state index in [1.807, 2.05) is 12.1 Å². The van der Waals surface area contributed by atoms with Crippen LogP contribution in [0.2, 0.25) is 0 Å². The molecule has 0 atom stereocenters. The Morgan fingerprint density at radius 1 is 0.921 bits per heavy atom. The molecule has 0 aliphatic heterocycles. The molecule has 0 bridgehead atoms. The maximum absolute atomic E-state index is 13.0. The van der Waals surface area contributed by atoms with Gasteiger partial charge in [0.15, 0.2) is 6.61 Å². The second-order valence-corrected chi connectivity index (χ2v) is 11.6. The number of carbonyl (C=O) groups excluding carboxylic acids is 1. The van der Waals surface area contributed by atoms with Crippen LogP contribution < -0.4 is 20.5 Å². The molecule has 5 N–H and O–H groups in total. The number of hydrogen-bond acceptors (Lipinski definition) is 5. The molecule has 0 radical (unpaired) electrons. The lowest BCUT2D eigenvalue weighted by Gasteiger charge is -2.21. The Kier molecular flexibility index (Phi) is 7.52. The molecule has 8 nitrogen and oxygen atoms in total. The molecule has 0 saturated heterocycles. The van der Waals surface area contributed by atoms with Crippen molar-refractivity contribution in [3.63, 3.8) is 0 Å². The summed E-state index contributed by atoms with van der Waals surface area (Å²) in [6.45, 7) is 5.18. The normalized spacial score (nSPS) is 11.8. The monoisotopic (exact) mass is 530 g/mol. The summed E-state index contributed by atoms with van der Waals surface area (Å²) in [5.41, 5.74) is 7.39. The number of amidine groups is 1. The topological polar surface area (TPSA) is 134 Å². The number of ether oxygens (including phenoxy) is 1. The molecule has 196 valence electrons. The van der Waals surface area contributed by atoms with Gasteiger partial charge in [-0.1, -0.05) is 48.5 Å². The summed E-state index contributed by atoms with van der Waals surface area (Å²) < 4.78 is 34.3. The van der Waals surface area contributed by atoms with Crippen molar-refractivity contribution < 1.29 is 17.9 Å². The molecule has 4 rings (SSSR count). The minimum atomic E-state index is -3.73. The number of amides is 1. The Labute approximate surface area is 222 Å². The maximum Gasteiger partial charge on any atom is 0.262 e. The van der Waals surface area contributed by atoms with Crippen LogP contribution in [0.1, 0.15) is 26.3 Å². The Morgan fingerprint density at radius 3 is 2.29 bits per heavy atom. The van der Waals surface area contributed by atoms with E-state index < -0.39 is 15.6 Å². The zero-order valence-corrected chi connectivity index (χ0v) is 22.2. The van der Waals surface area contributed by atoms with Gasteiger partial charge in [-0.05, 0) is 73.5 Å². The number of sulfonamides is 1. The van der Waals surface area contributed by atoms with Gasteiger partial charge in [0.05, 0.1) is 4.90 Å². The first kappa shape index (κ1) is 26.8. The molecule has 38 heavy (non-hydrogen) atoms. The molecular weight excluding hydrogens is 500 g/mol. The molecule has 0 aliphatic rings. The lowest BCUT2D eigenvalue weighted by Crippen LogP contribution is -2.40. The van der Waals surface area contributed by atoms with E-state index in [1.54, 1.807) is 93.6 Å². The molecule has 1 amide bonds. The summed E-state index contributed by atoms with van der Waals surface area (Å²) >= 11 is 0. The maximum atomic E-state index is 13.0. The first-order valence-electron chi connectivity index (χ1n) is 12.0. The molecule has 0 saturated carbocycles. The second kappa shape index (κ2) is 10.6. The second-order valence-electron chi connectivity index (χ2n) is 9.90. The van der Waals surface area contributed by atoms with Crippen LogP contribution in [0.25, 0.3) is 21.9 Å². The van der Waals surface area contributed by atoms with Gasteiger partial charge in [-0.3, -0.25) is 10.2 Å². The number of fused-ring (bicyclic) bond motifs is 1. The van der Waals surface area contributed by atoms with E-state index >= 15 is 0 Å². The predicted octanol–water partition coefficient (Wildman–Crippen LogP) is 4.89. The highest BCUT2D eigenvalue weighted by molar-refractivity contribution is 7.89. The first-order chi connectivity index (χ1) is 17.9. The summed E-state index contributed by atoms with van der Waals surface area (Å²) in [7, 11) is -3.73. The molecule has 4 aromatic rings. The standard InChI is InChI=1S/C29H30N4O4S/c1-29(2,3)33-38(35,36)26-7-5-4-6-25(26)20-10-13-23(14-11-20)32-27(34)18-37-24-15-12-19-8-9-21(28(30)31)16-22(19)17-24/h4-17,33H,18H2,1-3H3,(H3,30,31)(H,32,34). The van der Waals surface area contributed by atoms with Crippen molar-refractivity contribution in [2.75, 3.05) is 11.9 Å². The number of nitrogens with two attached hydrogens (primary N) is 1. The fraction of sp³-hybridized carbons (Fsp3) is 0.172. The molecule has 0 heterocycles. The third kappa shape index (κ3) is 6.56. The van der Waals surface area contributed by atoms with Crippen molar-refractivity contribution in [1.82, 2.24) is 4.72 Å². The van der Waals surface area contributed by atoms with Gasteiger partial charge in [0.1, 0.15) is 11.6 Å². The summed E-state index contributed by atoms with van der Waals surface area (Å²) in [6.07, 6.45) is 0. The van der Waals surface area contributed by atoms with Gasteiger partial charge in [-0.15, -0.1) is 0 Å². The van der Waals surface area contributed by atoms with Crippen LogP contribution in [0.5, 0.6) is 5.75 Å². The van der Waals surface area contributed by atoms with Gasteiger partial charge in [-0.25, -0.2) is 13.1 Å². The highest BCUT2D eigenvalue weighted by atomic mass is 32.2. The number of nitrogens with one attached hydrogen (secondary N) is 3. The molecule has 0 fully saturated rings. The number of hydrogen-bond donors (Lipinski definition) is 4. The van der Waals surface area contributed by atoms with E-state index in [0.717, 1.165) is 10.8 Å². The minimum absolute atomic E-state index is 0.0182. The van der Waals surface area contributed by atoms with Crippen molar-refractivity contribution >= 4 is 38.2 Å². The Bertz CT molecular complexity index is 1610. The van der Waals surface area contributed by atoms with E-state index in [2.05, 4.69) is 10.0 Å². The van der Waals surface area contributed by atoms with Gasteiger partial charge in [-0.2, -0.15) is 0 Å². The molecule has 0 aromatic heterocycles.